The third-order valence-electron chi connectivity index (χ3n) is 2.86. The minimum absolute atomic E-state index is 0.115. The SMILES string of the molecule is Cc1cc(C)n(/N=C/c2ccc(Cl)cc2)c(=O)c1C#N. The number of hydrogen-bond donors (Lipinski definition) is 0. The molecule has 0 aliphatic heterocycles. The lowest BCUT2D eigenvalue weighted by atomic mass is 10.1. The van der Waals surface area contributed by atoms with Crippen LogP contribution in [0.15, 0.2) is 40.2 Å². The summed E-state index contributed by atoms with van der Waals surface area (Å²) in [7, 11) is 0. The van der Waals surface area contributed by atoms with E-state index >= 15 is 0 Å². The molecule has 100 valence electrons. The molecule has 0 spiro atoms. The number of aromatic nitrogens is 1. The second-order valence-corrected chi connectivity index (χ2v) is 4.81. The maximum absolute atomic E-state index is 12.1. The first kappa shape index (κ1) is 14.0. The van der Waals surface area contributed by atoms with E-state index in [0.717, 1.165) is 5.56 Å². The number of rotatable bonds is 2. The van der Waals surface area contributed by atoms with Crippen molar-refractivity contribution in [1.29, 1.82) is 5.26 Å². The van der Waals surface area contributed by atoms with Crippen LogP contribution in [0.25, 0.3) is 0 Å². The van der Waals surface area contributed by atoms with Gasteiger partial charge in [-0.3, -0.25) is 4.79 Å². The van der Waals surface area contributed by atoms with Crippen LogP contribution in [0, 0.1) is 25.2 Å². The van der Waals surface area contributed by atoms with Gasteiger partial charge in [-0.05, 0) is 43.2 Å². The third-order valence-corrected chi connectivity index (χ3v) is 3.12. The van der Waals surface area contributed by atoms with Crippen LogP contribution in [0.5, 0.6) is 0 Å². The molecule has 1 aromatic carbocycles. The van der Waals surface area contributed by atoms with Gasteiger partial charge in [-0.25, -0.2) is 4.68 Å². The summed E-state index contributed by atoms with van der Waals surface area (Å²) in [6.07, 6.45) is 1.56. The smallest absolute Gasteiger partial charge is 0.266 e. The summed E-state index contributed by atoms with van der Waals surface area (Å²) in [4.78, 5) is 12.1. The van der Waals surface area contributed by atoms with Crippen molar-refractivity contribution in [3.05, 3.63) is 68.1 Å². The number of hydrogen-bond acceptors (Lipinski definition) is 3. The summed E-state index contributed by atoms with van der Waals surface area (Å²) in [6, 6.07) is 10.8. The van der Waals surface area contributed by atoms with Crippen LogP contribution in [0.3, 0.4) is 0 Å². The number of nitrogens with zero attached hydrogens (tertiary/aromatic N) is 3. The molecule has 5 heteroatoms. The summed E-state index contributed by atoms with van der Waals surface area (Å²) in [6.45, 7) is 3.51. The molecule has 20 heavy (non-hydrogen) atoms. The molecule has 4 nitrogen and oxygen atoms in total. The van der Waals surface area contributed by atoms with Gasteiger partial charge in [0.15, 0.2) is 0 Å². The Hall–Kier alpha value is -2.38. The summed E-state index contributed by atoms with van der Waals surface area (Å²) in [5, 5.41) is 13.8. The van der Waals surface area contributed by atoms with Crippen molar-refractivity contribution >= 4 is 17.8 Å². The maximum atomic E-state index is 12.1. The van der Waals surface area contributed by atoms with Gasteiger partial charge < -0.3 is 0 Å². The largest absolute Gasteiger partial charge is 0.289 e. The van der Waals surface area contributed by atoms with Gasteiger partial charge in [-0.1, -0.05) is 23.7 Å². The Morgan fingerprint density at radius 1 is 1.30 bits per heavy atom. The lowest BCUT2D eigenvalue weighted by molar-refractivity contribution is 0.786. The fourth-order valence-electron chi connectivity index (χ4n) is 1.83. The van der Waals surface area contributed by atoms with E-state index in [0.29, 0.717) is 16.3 Å². The van der Waals surface area contributed by atoms with E-state index in [4.69, 9.17) is 16.9 Å². The lowest BCUT2D eigenvalue weighted by Crippen LogP contribution is -2.22. The Morgan fingerprint density at radius 2 is 1.95 bits per heavy atom. The first-order valence-electron chi connectivity index (χ1n) is 5.96. The van der Waals surface area contributed by atoms with Crippen molar-refractivity contribution in [1.82, 2.24) is 4.68 Å². The zero-order chi connectivity index (χ0) is 14.7. The molecule has 2 rings (SSSR count). The normalized spacial score (nSPS) is 10.7. The van der Waals surface area contributed by atoms with Crippen LogP contribution < -0.4 is 5.56 Å². The van der Waals surface area contributed by atoms with Crippen molar-refractivity contribution in [2.45, 2.75) is 13.8 Å². The van der Waals surface area contributed by atoms with E-state index in [9.17, 15) is 4.79 Å². The first-order valence-corrected chi connectivity index (χ1v) is 6.34. The quantitative estimate of drug-likeness (QED) is 0.797. The molecule has 1 heterocycles. The third kappa shape index (κ3) is 2.79. The Morgan fingerprint density at radius 3 is 2.55 bits per heavy atom. The summed E-state index contributed by atoms with van der Waals surface area (Å²) in [5.41, 5.74) is 1.86. The highest BCUT2D eigenvalue weighted by atomic mass is 35.5. The molecule has 0 aliphatic rings. The molecule has 1 aromatic heterocycles. The van der Waals surface area contributed by atoms with Gasteiger partial charge in [0.05, 0.1) is 6.21 Å². The lowest BCUT2D eigenvalue weighted by Gasteiger charge is -2.06. The summed E-state index contributed by atoms with van der Waals surface area (Å²) >= 11 is 5.80. The van der Waals surface area contributed by atoms with Crippen molar-refractivity contribution in [2.75, 3.05) is 0 Å². The molecule has 0 bridgehead atoms. The molecule has 0 saturated carbocycles. The van der Waals surface area contributed by atoms with E-state index in [-0.39, 0.29) is 5.56 Å². The highest BCUT2D eigenvalue weighted by Gasteiger charge is 2.08. The van der Waals surface area contributed by atoms with Gasteiger partial charge in [0.25, 0.3) is 5.56 Å². The molecular weight excluding hydrogens is 274 g/mol. The molecular formula is C15H12ClN3O. The summed E-state index contributed by atoms with van der Waals surface area (Å²) < 4.78 is 1.22. The van der Waals surface area contributed by atoms with E-state index in [1.807, 2.05) is 6.07 Å². The zero-order valence-corrected chi connectivity index (χ0v) is 11.8. The Kier molecular flexibility index (Phi) is 4.02. The average Bonchev–Trinajstić information content (AvgIpc) is 2.40. The van der Waals surface area contributed by atoms with Crippen molar-refractivity contribution in [3.8, 4) is 6.07 Å². The second kappa shape index (κ2) is 5.72. The number of pyridine rings is 1. The van der Waals surface area contributed by atoms with Crippen LogP contribution in [0.2, 0.25) is 5.02 Å². The maximum Gasteiger partial charge on any atom is 0.289 e. The van der Waals surface area contributed by atoms with Gasteiger partial charge in [0, 0.05) is 10.7 Å². The average molecular weight is 286 g/mol. The second-order valence-electron chi connectivity index (χ2n) is 4.37. The van der Waals surface area contributed by atoms with Crippen LogP contribution in [0.4, 0.5) is 0 Å². The van der Waals surface area contributed by atoms with E-state index in [1.165, 1.54) is 4.68 Å². The van der Waals surface area contributed by atoms with E-state index in [2.05, 4.69) is 5.10 Å². The van der Waals surface area contributed by atoms with Crippen LogP contribution >= 0.6 is 11.6 Å². The topological polar surface area (TPSA) is 58.1 Å². The molecule has 0 aliphatic carbocycles. The number of aryl methyl sites for hydroxylation is 2. The summed E-state index contributed by atoms with van der Waals surface area (Å²) in [5.74, 6) is 0. The van der Waals surface area contributed by atoms with E-state index < -0.39 is 5.56 Å². The van der Waals surface area contributed by atoms with Crippen LogP contribution in [0.1, 0.15) is 22.4 Å². The minimum atomic E-state index is -0.407. The van der Waals surface area contributed by atoms with Crippen molar-refractivity contribution in [3.63, 3.8) is 0 Å². The van der Waals surface area contributed by atoms with Gasteiger partial charge >= 0.3 is 0 Å². The van der Waals surface area contributed by atoms with Gasteiger partial charge in [0.2, 0.25) is 0 Å². The van der Waals surface area contributed by atoms with E-state index in [1.54, 1.807) is 50.4 Å². The number of halogens is 1. The van der Waals surface area contributed by atoms with Crippen molar-refractivity contribution < 1.29 is 0 Å². The number of benzene rings is 1. The first-order chi connectivity index (χ1) is 9.52. The molecule has 0 radical (unpaired) electrons. The molecule has 0 saturated heterocycles. The van der Waals surface area contributed by atoms with Gasteiger partial charge in [0.1, 0.15) is 11.6 Å². The Bertz CT molecular complexity index is 767. The number of nitriles is 1. The Labute approximate surface area is 121 Å². The monoisotopic (exact) mass is 285 g/mol. The minimum Gasteiger partial charge on any atom is -0.266 e. The predicted octanol–water partition coefficient (Wildman–Crippen LogP) is 2.87. The van der Waals surface area contributed by atoms with Crippen LogP contribution in [-0.4, -0.2) is 10.9 Å². The fourth-order valence-corrected chi connectivity index (χ4v) is 1.96. The molecule has 0 amide bonds. The molecule has 0 unspecified atom stereocenters. The predicted molar refractivity (Wildman–Crippen MR) is 79.3 cm³/mol. The highest BCUT2D eigenvalue weighted by molar-refractivity contribution is 6.30. The standard InChI is InChI=1S/C15H12ClN3O/c1-10-7-11(2)19(15(20)14(10)8-17)18-9-12-3-5-13(16)6-4-12/h3-7,9H,1-2H3/b18-9+. The molecule has 0 atom stereocenters. The Balaban J connectivity index is 2.47. The van der Waals surface area contributed by atoms with Crippen molar-refractivity contribution in [2.24, 2.45) is 5.10 Å². The van der Waals surface area contributed by atoms with Crippen LogP contribution in [-0.2, 0) is 0 Å². The zero-order valence-electron chi connectivity index (χ0n) is 11.1. The molecule has 2 aromatic rings. The van der Waals surface area contributed by atoms with Gasteiger partial charge in [-0.15, -0.1) is 0 Å². The van der Waals surface area contributed by atoms with Gasteiger partial charge in [-0.2, -0.15) is 10.4 Å². The highest BCUT2D eigenvalue weighted by Crippen LogP contribution is 2.08. The fraction of sp³-hybridized carbons (Fsp3) is 0.133. The molecule has 0 fully saturated rings. The molecule has 0 N–H and O–H groups in total.